The van der Waals surface area contributed by atoms with Crippen LogP contribution in [0.25, 0.3) is 11.0 Å². The van der Waals surface area contributed by atoms with Crippen molar-refractivity contribution in [2.45, 2.75) is 38.0 Å². The van der Waals surface area contributed by atoms with Crippen LogP contribution in [0, 0.1) is 5.41 Å². The zero-order chi connectivity index (χ0) is 16.2. The Bertz CT molecular complexity index is 826. The average Bonchev–Trinajstić information content (AvgIpc) is 2.92. The van der Waals surface area contributed by atoms with Gasteiger partial charge in [-0.2, -0.15) is 0 Å². The molecule has 2 bridgehead atoms. The van der Waals surface area contributed by atoms with E-state index in [1.165, 1.54) is 0 Å². The lowest BCUT2D eigenvalue weighted by molar-refractivity contribution is -0.129. The molecule has 0 spiro atoms. The summed E-state index contributed by atoms with van der Waals surface area (Å²) < 4.78 is 0. The van der Waals surface area contributed by atoms with E-state index in [0.717, 1.165) is 35.3 Å². The molecule has 0 aliphatic heterocycles. The molecule has 4 heteroatoms. The molecule has 4 nitrogen and oxygen atoms in total. The molecule has 0 saturated heterocycles. The topological polar surface area (TPSA) is 54.9 Å². The Balaban J connectivity index is 1.95. The van der Waals surface area contributed by atoms with Gasteiger partial charge in [0.1, 0.15) is 0 Å². The lowest BCUT2D eigenvalue weighted by Crippen LogP contribution is -2.49. The highest BCUT2D eigenvalue weighted by molar-refractivity contribution is 5.92. The molecular weight excluding hydrogens is 286 g/mol. The summed E-state index contributed by atoms with van der Waals surface area (Å²) in [4.78, 5) is 22.8. The van der Waals surface area contributed by atoms with Crippen LogP contribution in [0.4, 0.5) is 0 Å². The van der Waals surface area contributed by atoms with Gasteiger partial charge in [0, 0.05) is 12.5 Å². The van der Waals surface area contributed by atoms with Crippen molar-refractivity contribution in [2.75, 3.05) is 6.54 Å². The van der Waals surface area contributed by atoms with E-state index >= 15 is 0 Å². The van der Waals surface area contributed by atoms with Crippen LogP contribution < -0.4 is 5.32 Å². The molecule has 1 amide bonds. The maximum absolute atomic E-state index is 13.1. The highest BCUT2D eigenvalue weighted by Gasteiger charge is 2.67. The summed E-state index contributed by atoms with van der Waals surface area (Å²) in [5.41, 5.74) is 2.94. The number of carbonyl (C=O) groups excluding carboxylic acids is 1. The molecule has 1 heterocycles. The second-order valence-electron chi connectivity index (χ2n) is 7.16. The molecule has 1 saturated carbocycles. The SMILES string of the molecule is C=CCNC(=O)C12CCC(c3nc4ccccc4nc31)C2(C)C. The van der Waals surface area contributed by atoms with Gasteiger partial charge in [-0.1, -0.05) is 32.1 Å². The molecule has 2 unspecified atom stereocenters. The Morgan fingerprint density at radius 2 is 2.04 bits per heavy atom. The summed E-state index contributed by atoms with van der Waals surface area (Å²) in [6.45, 7) is 8.55. The number of benzene rings is 1. The molecule has 1 aromatic heterocycles. The summed E-state index contributed by atoms with van der Waals surface area (Å²) in [6, 6.07) is 7.91. The maximum Gasteiger partial charge on any atom is 0.233 e. The monoisotopic (exact) mass is 307 g/mol. The van der Waals surface area contributed by atoms with Crippen LogP contribution in [0.3, 0.4) is 0 Å². The van der Waals surface area contributed by atoms with Crippen molar-refractivity contribution < 1.29 is 4.79 Å². The second-order valence-corrected chi connectivity index (χ2v) is 7.16. The first-order valence-electron chi connectivity index (χ1n) is 8.19. The molecule has 2 atom stereocenters. The van der Waals surface area contributed by atoms with Crippen molar-refractivity contribution in [3.05, 3.63) is 48.3 Å². The van der Waals surface area contributed by atoms with Gasteiger partial charge in [0.05, 0.1) is 27.8 Å². The molecule has 118 valence electrons. The van der Waals surface area contributed by atoms with E-state index in [-0.39, 0.29) is 11.3 Å². The van der Waals surface area contributed by atoms with Gasteiger partial charge in [-0.05, 0) is 30.4 Å². The number of para-hydroxylation sites is 2. The van der Waals surface area contributed by atoms with E-state index < -0.39 is 5.41 Å². The first-order valence-corrected chi connectivity index (χ1v) is 8.19. The molecule has 2 aliphatic carbocycles. The molecule has 1 fully saturated rings. The number of nitrogens with one attached hydrogen (secondary N) is 1. The fourth-order valence-electron chi connectivity index (χ4n) is 4.64. The fourth-order valence-corrected chi connectivity index (χ4v) is 4.64. The van der Waals surface area contributed by atoms with Crippen LogP contribution in [-0.4, -0.2) is 22.4 Å². The number of amides is 1. The average molecular weight is 307 g/mol. The molecule has 4 rings (SSSR count). The number of rotatable bonds is 3. The number of aromatic nitrogens is 2. The van der Waals surface area contributed by atoms with Crippen molar-refractivity contribution in [1.29, 1.82) is 0 Å². The van der Waals surface area contributed by atoms with Crippen LogP contribution in [0.2, 0.25) is 0 Å². The highest BCUT2D eigenvalue weighted by Crippen LogP contribution is 2.67. The minimum atomic E-state index is -0.576. The van der Waals surface area contributed by atoms with Crippen LogP contribution in [0.5, 0.6) is 0 Å². The zero-order valence-electron chi connectivity index (χ0n) is 13.6. The Morgan fingerprint density at radius 3 is 2.74 bits per heavy atom. The molecule has 2 aliphatic rings. The number of hydrogen-bond donors (Lipinski definition) is 1. The summed E-state index contributed by atoms with van der Waals surface area (Å²) in [5.74, 6) is 0.359. The minimum absolute atomic E-state index is 0.0632. The summed E-state index contributed by atoms with van der Waals surface area (Å²) in [5, 5.41) is 3.01. The molecule has 1 aromatic carbocycles. The van der Waals surface area contributed by atoms with Crippen molar-refractivity contribution in [1.82, 2.24) is 15.3 Å². The van der Waals surface area contributed by atoms with E-state index in [1.54, 1.807) is 6.08 Å². The molecule has 0 radical (unpaired) electrons. The Kier molecular flexibility index (Phi) is 2.89. The second kappa shape index (κ2) is 4.63. The van der Waals surface area contributed by atoms with Crippen LogP contribution in [0.1, 0.15) is 44.0 Å². The Morgan fingerprint density at radius 1 is 1.35 bits per heavy atom. The predicted molar refractivity (Wildman–Crippen MR) is 90.2 cm³/mol. The van der Waals surface area contributed by atoms with E-state index in [2.05, 4.69) is 25.7 Å². The molecule has 23 heavy (non-hydrogen) atoms. The summed E-state index contributed by atoms with van der Waals surface area (Å²) in [6.07, 6.45) is 3.55. The van der Waals surface area contributed by atoms with Crippen LogP contribution in [-0.2, 0) is 10.2 Å². The van der Waals surface area contributed by atoms with Gasteiger partial charge in [-0.3, -0.25) is 4.79 Å². The largest absolute Gasteiger partial charge is 0.352 e. The van der Waals surface area contributed by atoms with Crippen molar-refractivity contribution in [3.8, 4) is 0 Å². The Labute approximate surface area is 136 Å². The van der Waals surface area contributed by atoms with E-state index in [0.29, 0.717) is 12.5 Å². The van der Waals surface area contributed by atoms with Crippen LogP contribution >= 0.6 is 0 Å². The number of carbonyl (C=O) groups is 1. The van der Waals surface area contributed by atoms with Gasteiger partial charge >= 0.3 is 0 Å². The van der Waals surface area contributed by atoms with Gasteiger partial charge in [-0.15, -0.1) is 6.58 Å². The fraction of sp³-hybridized carbons (Fsp3) is 0.421. The third-order valence-corrected chi connectivity index (χ3v) is 5.91. The maximum atomic E-state index is 13.1. The van der Waals surface area contributed by atoms with E-state index in [9.17, 15) is 4.79 Å². The van der Waals surface area contributed by atoms with Crippen molar-refractivity contribution >= 4 is 16.9 Å². The first kappa shape index (κ1) is 14.4. The van der Waals surface area contributed by atoms with Gasteiger partial charge < -0.3 is 5.32 Å². The summed E-state index contributed by atoms with van der Waals surface area (Å²) >= 11 is 0. The van der Waals surface area contributed by atoms with E-state index in [1.807, 2.05) is 24.3 Å². The highest BCUT2D eigenvalue weighted by atomic mass is 16.2. The van der Waals surface area contributed by atoms with Crippen LogP contribution in [0.15, 0.2) is 36.9 Å². The van der Waals surface area contributed by atoms with Crippen molar-refractivity contribution in [3.63, 3.8) is 0 Å². The lowest BCUT2D eigenvalue weighted by Gasteiger charge is -2.36. The third kappa shape index (κ3) is 1.64. The van der Waals surface area contributed by atoms with Gasteiger partial charge in [-0.25, -0.2) is 9.97 Å². The lowest BCUT2D eigenvalue weighted by atomic mass is 9.67. The molecular formula is C19H21N3O. The third-order valence-electron chi connectivity index (χ3n) is 5.91. The summed E-state index contributed by atoms with van der Waals surface area (Å²) in [7, 11) is 0. The number of fused-ring (bicyclic) bond motifs is 6. The number of hydrogen-bond acceptors (Lipinski definition) is 3. The van der Waals surface area contributed by atoms with Crippen molar-refractivity contribution in [2.24, 2.45) is 5.41 Å². The molecule has 2 aromatic rings. The zero-order valence-corrected chi connectivity index (χ0v) is 13.6. The minimum Gasteiger partial charge on any atom is -0.352 e. The first-order chi connectivity index (χ1) is 11.0. The molecule has 1 N–H and O–H groups in total. The van der Waals surface area contributed by atoms with Gasteiger partial charge in [0.15, 0.2) is 0 Å². The predicted octanol–water partition coefficient (Wildman–Crippen LogP) is 3.09. The smallest absolute Gasteiger partial charge is 0.233 e. The quantitative estimate of drug-likeness (QED) is 0.887. The Hall–Kier alpha value is -2.23. The van der Waals surface area contributed by atoms with Gasteiger partial charge in [0.25, 0.3) is 0 Å². The van der Waals surface area contributed by atoms with E-state index in [4.69, 9.17) is 9.97 Å². The normalized spacial score (nSPS) is 27.0. The van der Waals surface area contributed by atoms with Gasteiger partial charge in [0.2, 0.25) is 5.91 Å². The standard InChI is InChI=1S/C19H21N3O/c1-4-11-20-17(23)19-10-9-12(18(19,2)3)15-16(19)22-14-8-6-5-7-13(14)21-15/h4-8,12H,1,9-11H2,2-3H3,(H,20,23). The number of nitrogens with zero attached hydrogens (tertiary/aromatic N) is 2.